The van der Waals surface area contributed by atoms with E-state index in [1.54, 1.807) is 11.6 Å². The molecule has 1 N–H and O–H groups in total. The summed E-state index contributed by atoms with van der Waals surface area (Å²) in [6.07, 6.45) is -0.0487. The maximum Gasteiger partial charge on any atom is 0.328 e. The second kappa shape index (κ2) is 4.08. The summed E-state index contributed by atoms with van der Waals surface area (Å²) < 4.78 is 3.05. The molecule has 0 saturated carbocycles. The van der Waals surface area contributed by atoms with E-state index in [1.165, 1.54) is 4.57 Å². The molecule has 0 aliphatic carbocycles. The van der Waals surface area contributed by atoms with Gasteiger partial charge in [0, 0.05) is 13.6 Å². The van der Waals surface area contributed by atoms with E-state index in [1.807, 2.05) is 25.1 Å². The van der Waals surface area contributed by atoms with Gasteiger partial charge in [-0.3, -0.25) is 13.9 Å². The van der Waals surface area contributed by atoms with Crippen LogP contribution in [-0.2, 0) is 18.4 Å². The first-order chi connectivity index (χ1) is 8.00. The third-order valence-electron chi connectivity index (χ3n) is 2.85. The summed E-state index contributed by atoms with van der Waals surface area (Å²) in [6, 6.07) is 5.70. The number of benzene rings is 1. The minimum Gasteiger partial charge on any atom is -0.481 e. The van der Waals surface area contributed by atoms with E-state index in [0.717, 1.165) is 16.6 Å². The van der Waals surface area contributed by atoms with E-state index in [4.69, 9.17) is 5.11 Å². The number of carbonyl (C=O) groups is 1. The van der Waals surface area contributed by atoms with Crippen LogP contribution in [0.4, 0.5) is 0 Å². The predicted octanol–water partition coefficient (Wildman–Crippen LogP) is 1.12. The number of carboxylic acids is 1. The van der Waals surface area contributed by atoms with E-state index in [-0.39, 0.29) is 18.7 Å². The van der Waals surface area contributed by atoms with Crippen molar-refractivity contribution in [3.8, 4) is 0 Å². The van der Waals surface area contributed by atoms with Crippen molar-refractivity contribution < 1.29 is 9.90 Å². The molecule has 1 aromatic heterocycles. The molecule has 0 aliphatic rings. The number of nitrogens with zero attached hydrogens (tertiary/aromatic N) is 2. The molecule has 5 heteroatoms. The van der Waals surface area contributed by atoms with Crippen LogP contribution in [0.25, 0.3) is 11.0 Å². The highest BCUT2D eigenvalue weighted by atomic mass is 16.4. The van der Waals surface area contributed by atoms with Gasteiger partial charge in [0.05, 0.1) is 17.5 Å². The Balaban J connectivity index is 2.59. The third kappa shape index (κ3) is 1.95. The number of hydrogen-bond donors (Lipinski definition) is 1. The number of rotatable bonds is 3. The van der Waals surface area contributed by atoms with E-state index in [0.29, 0.717) is 0 Å². The maximum absolute atomic E-state index is 11.9. The highest BCUT2D eigenvalue weighted by Gasteiger charge is 2.11. The van der Waals surface area contributed by atoms with Crippen molar-refractivity contribution in [2.45, 2.75) is 19.9 Å². The predicted molar refractivity (Wildman–Crippen MR) is 64.2 cm³/mol. The van der Waals surface area contributed by atoms with Crippen LogP contribution in [0.3, 0.4) is 0 Å². The lowest BCUT2D eigenvalue weighted by Crippen LogP contribution is -2.23. The van der Waals surface area contributed by atoms with Gasteiger partial charge in [-0.05, 0) is 24.6 Å². The van der Waals surface area contributed by atoms with Gasteiger partial charge < -0.3 is 5.11 Å². The average Bonchev–Trinajstić information content (AvgIpc) is 2.50. The maximum atomic E-state index is 11.9. The van der Waals surface area contributed by atoms with Gasteiger partial charge in [-0.25, -0.2) is 4.79 Å². The van der Waals surface area contributed by atoms with Crippen molar-refractivity contribution in [1.29, 1.82) is 0 Å². The number of fused-ring (bicyclic) bond motifs is 1. The molecule has 5 nitrogen and oxygen atoms in total. The van der Waals surface area contributed by atoms with Crippen LogP contribution in [-0.4, -0.2) is 20.2 Å². The summed E-state index contributed by atoms with van der Waals surface area (Å²) >= 11 is 0. The molecule has 0 saturated heterocycles. The molecule has 0 radical (unpaired) electrons. The first-order valence-corrected chi connectivity index (χ1v) is 5.38. The van der Waals surface area contributed by atoms with Crippen molar-refractivity contribution in [1.82, 2.24) is 9.13 Å². The van der Waals surface area contributed by atoms with Crippen LogP contribution in [0.5, 0.6) is 0 Å². The quantitative estimate of drug-likeness (QED) is 0.865. The third-order valence-corrected chi connectivity index (χ3v) is 2.85. The summed E-state index contributed by atoms with van der Waals surface area (Å²) in [7, 11) is 1.70. The molecule has 2 rings (SSSR count). The van der Waals surface area contributed by atoms with Gasteiger partial charge in [-0.1, -0.05) is 6.07 Å². The molecule has 1 heterocycles. The van der Waals surface area contributed by atoms with Crippen LogP contribution < -0.4 is 5.69 Å². The summed E-state index contributed by atoms with van der Waals surface area (Å²) in [4.78, 5) is 22.5. The fourth-order valence-electron chi connectivity index (χ4n) is 1.94. The Morgan fingerprint density at radius 3 is 2.71 bits per heavy atom. The number of imidazole rings is 1. The zero-order chi connectivity index (χ0) is 12.6. The van der Waals surface area contributed by atoms with Gasteiger partial charge in [-0.15, -0.1) is 0 Å². The zero-order valence-corrected chi connectivity index (χ0v) is 9.80. The molecule has 2 aromatic rings. The lowest BCUT2D eigenvalue weighted by molar-refractivity contribution is -0.137. The molecule has 0 amide bonds. The van der Waals surface area contributed by atoms with Gasteiger partial charge in [0.15, 0.2) is 0 Å². The molecular formula is C12H14N2O3. The van der Waals surface area contributed by atoms with Crippen molar-refractivity contribution >= 4 is 17.0 Å². The molecule has 17 heavy (non-hydrogen) atoms. The minimum atomic E-state index is -0.902. The van der Waals surface area contributed by atoms with Crippen molar-refractivity contribution in [2.75, 3.05) is 0 Å². The minimum absolute atomic E-state index is 0.0487. The SMILES string of the molecule is Cc1ccc2c(c1)n(C)c(=O)n2CCC(=O)O. The summed E-state index contributed by atoms with van der Waals surface area (Å²) in [5.74, 6) is -0.902. The van der Waals surface area contributed by atoms with Crippen LogP contribution >= 0.6 is 0 Å². The largest absolute Gasteiger partial charge is 0.481 e. The summed E-state index contributed by atoms with van der Waals surface area (Å²) in [5, 5.41) is 8.67. The van der Waals surface area contributed by atoms with Gasteiger partial charge in [0.1, 0.15) is 0 Å². The lowest BCUT2D eigenvalue weighted by atomic mass is 10.2. The first kappa shape index (κ1) is 11.4. The Kier molecular flexibility index (Phi) is 2.75. The van der Waals surface area contributed by atoms with Gasteiger partial charge in [0.25, 0.3) is 0 Å². The molecule has 0 bridgehead atoms. The number of aromatic nitrogens is 2. The second-order valence-corrected chi connectivity index (χ2v) is 4.13. The van der Waals surface area contributed by atoms with E-state index in [2.05, 4.69) is 0 Å². The van der Waals surface area contributed by atoms with Gasteiger partial charge in [0.2, 0.25) is 0 Å². The van der Waals surface area contributed by atoms with Crippen LogP contribution in [0, 0.1) is 6.92 Å². The lowest BCUT2D eigenvalue weighted by Gasteiger charge is -2.00. The molecule has 0 spiro atoms. The number of hydrogen-bond acceptors (Lipinski definition) is 2. The smallest absolute Gasteiger partial charge is 0.328 e. The van der Waals surface area contributed by atoms with Crippen molar-refractivity contribution in [3.63, 3.8) is 0 Å². The Bertz CT molecular complexity index is 637. The standard InChI is InChI=1S/C12H14N2O3/c1-8-3-4-9-10(7-8)13(2)12(17)14(9)6-5-11(15)16/h3-4,7H,5-6H2,1-2H3,(H,15,16). The van der Waals surface area contributed by atoms with Gasteiger partial charge in [-0.2, -0.15) is 0 Å². The number of aryl methyl sites for hydroxylation is 3. The van der Waals surface area contributed by atoms with Crippen LogP contribution in [0.1, 0.15) is 12.0 Å². The second-order valence-electron chi connectivity index (χ2n) is 4.13. The molecule has 0 fully saturated rings. The molecular weight excluding hydrogens is 220 g/mol. The summed E-state index contributed by atoms with van der Waals surface area (Å²) in [5.41, 5.74) is 2.51. The highest BCUT2D eigenvalue weighted by molar-refractivity contribution is 5.77. The van der Waals surface area contributed by atoms with Crippen LogP contribution in [0.15, 0.2) is 23.0 Å². The van der Waals surface area contributed by atoms with Crippen LogP contribution in [0.2, 0.25) is 0 Å². The fourth-order valence-corrected chi connectivity index (χ4v) is 1.94. The van der Waals surface area contributed by atoms with Crippen molar-refractivity contribution in [3.05, 3.63) is 34.2 Å². The first-order valence-electron chi connectivity index (χ1n) is 5.38. The van der Waals surface area contributed by atoms with Gasteiger partial charge >= 0.3 is 11.7 Å². The normalized spacial score (nSPS) is 10.9. The fraction of sp³-hybridized carbons (Fsp3) is 0.333. The molecule has 0 aliphatic heterocycles. The molecule has 90 valence electrons. The summed E-state index contributed by atoms with van der Waals surface area (Å²) in [6.45, 7) is 2.16. The zero-order valence-electron chi connectivity index (χ0n) is 9.80. The Hall–Kier alpha value is -2.04. The van der Waals surface area contributed by atoms with E-state index in [9.17, 15) is 9.59 Å². The highest BCUT2D eigenvalue weighted by Crippen LogP contribution is 2.14. The monoisotopic (exact) mass is 234 g/mol. The van der Waals surface area contributed by atoms with E-state index >= 15 is 0 Å². The Morgan fingerprint density at radius 2 is 2.06 bits per heavy atom. The molecule has 0 atom stereocenters. The van der Waals surface area contributed by atoms with Crippen molar-refractivity contribution in [2.24, 2.45) is 7.05 Å². The topological polar surface area (TPSA) is 64.2 Å². The average molecular weight is 234 g/mol. The van der Waals surface area contributed by atoms with E-state index < -0.39 is 5.97 Å². The number of aliphatic carboxylic acids is 1. The Morgan fingerprint density at radius 1 is 1.35 bits per heavy atom. The number of carboxylic acid groups (broad SMARTS) is 1. The molecule has 1 aromatic carbocycles. The molecule has 0 unspecified atom stereocenters. The Labute approximate surface area is 97.9 Å².